The molecule has 0 spiro atoms. The van der Waals surface area contributed by atoms with Gasteiger partial charge in [-0.15, -0.1) is 0 Å². The molecule has 5 aromatic carbocycles. The fourth-order valence-electron chi connectivity index (χ4n) is 6.60. The van der Waals surface area contributed by atoms with Gasteiger partial charge in [-0.05, 0) is 54.6 Å². The number of fused-ring (bicyclic) bond motifs is 6. The van der Waals surface area contributed by atoms with E-state index in [0.29, 0.717) is 55.1 Å². The van der Waals surface area contributed by atoms with E-state index in [9.17, 15) is 31.6 Å². The Hall–Kier alpha value is -6.08. The van der Waals surface area contributed by atoms with Crippen molar-refractivity contribution in [1.82, 2.24) is 14.1 Å². The molecule has 0 bridgehead atoms. The van der Waals surface area contributed by atoms with Gasteiger partial charge < -0.3 is 9.13 Å². The van der Waals surface area contributed by atoms with E-state index in [1.807, 2.05) is 6.07 Å². The Morgan fingerprint density at radius 1 is 0.542 bits per heavy atom. The number of alkyl halides is 6. The standard InChI is InChI=1S/C38H20F6N4/c39-37(40,41)24-11-13-28-26-7-1-3-9-31(26)47(35(28)17-24)33-19-30(22-6-5-15-46-21-22)34(16-23(33)20-45)48-32-10-4-2-8-27(32)29-14-12-25(18-36(29)48)38(42,43)44/h1-19,21H. The summed E-state index contributed by atoms with van der Waals surface area (Å²) in [5.74, 6) is 0. The van der Waals surface area contributed by atoms with Crippen LogP contribution in [-0.2, 0) is 12.4 Å². The van der Waals surface area contributed by atoms with E-state index in [2.05, 4.69) is 11.1 Å². The highest BCUT2D eigenvalue weighted by atomic mass is 19.4. The molecule has 0 amide bonds. The zero-order valence-corrected chi connectivity index (χ0v) is 24.6. The Morgan fingerprint density at radius 3 is 1.56 bits per heavy atom. The van der Waals surface area contributed by atoms with E-state index < -0.39 is 23.5 Å². The quantitative estimate of drug-likeness (QED) is 0.179. The van der Waals surface area contributed by atoms with Crippen LogP contribution in [0.25, 0.3) is 66.1 Å². The van der Waals surface area contributed by atoms with Crippen molar-refractivity contribution in [3.8, 4) is 28.6 Å². The molecule has 48 heavy (non-hydrogen) atoms. The van der Waals surface area contributed by atoms with Gasteiger partial charge in [-0.3, -0.25) is 4.98 Å². The van der Waals surface area contributed by atoms with Crippen molar-refractivity contribution in [3.05, 3.63) is 138 Å². The number of para-hydroxylation sites is 2. The number of rotatable bonds is 3. The molecule has 0 saturated carbocycles. The van der Waals surface area contributed by atoms with Crippen LogP contribution in [0.4, 0.5) is 26.3 Å². The Kier molecular flexibility index (Phi) is 6.40. The first-order chi connectivity index (χ1) is 23.0. The number of hydrogen-bond acceptors (Lipinski definition) is 2. The van der Waals surface area contributed by atoms with Gasteiger partial charge in [-0.25, -0.2) is 0 Å². The second-order valence-corrected chi connectivity index (χ2v) is 11.4. The van der Waals surface area contributed by atoms with Crippen LogP contribution >= 0.6 is 0 Å². The van der Waals surface area contributed by atoms with Crippen LogP contribution in [0.5, 0.6) is 0 Å². The zero-order chi connectivity index (χ0) is 33.4. The molecule has 234 valence electrons. The first-order valence-corrected chi connectivity index (χ1v) is 14.7. The number of nitrogens with zero attached hydrogens (tertiary/aromatic N) is 4. The molecule has 0 unspecified atom stereocenters. The number of pyridine rings is 1. The van der Waals surface area contributed by atoms with E-state index in [4.69, 9.17) is 0 Å². The van der Waals surface area contributed by atoms with Gasteiger partial charge in [-0.1, -0.05) is 54.6 Å². The maximum absolute atomic E-state index is 14.0. The predicted molar refractivity (Wildman–Crippen MR) is 173 cm³/mol. The molecule has 0 radical (unpaired) electrons. The summed E-state index contributed by atoms with van der Waals surface area (Å²) in [6.45, 7) is 0. The average molecular weight is 647 g/mol. The maximum Gasteiger partial charge on any atom is 0.416 e. The molecular weight excluding hydrogens is 626 g/mol. The summed E-state index contributed by atoms with van der Waals surface area (Å²) in [7, 11) is 0. The summed E-state index contributed by atoms with van der Waals surface area (Å²) in [5, 5.41) is 13.1. The summed E-state index contributed by atoms with van der Waals surface area (Å²) in [6, 6.07) is 30.4. The van der Waals surface area contributed by atoms with E-state index in [1.165, 1.54) is 12.1 Å². The lowest BCUT2D eigenvalue weighted by Gasteiger charge is -2.19. The van der Waals surface area contributed by atoms with E-state index in [0.717, 1.165) is 24.3 Å². The third-order valence-corrected chi connectivity index (χ3v) is 8.69. The lowest BCUT2D eigenvalue weighted by molar-refractivity contribution is -0.138. The van der Waals surface area contributed by atoms with E-state index in [1.54, 1.807) is 88.3 Å². The molecular formula is C38H20F6N4. The van der Waals surface area contributed by atoms with E-state index in [-0.39, 0.29) is 16.6 Å². The molecule has 3 aromatic heterocycles. The Morgan fingerprint density at radius 2 is 1.06 bits per heavy atom. The van der Waals surface area contributed by atoms with Gasteiger partial charge in [0, 0.05) is 45.1 Å². The summed E-state index contributed by atoms with van der Waals surface area (Å²) in [5.41, 5.74) is 1.97. The molecule has 0 fully saturated rings. The van der Waals surface area contributed by atoms with Gasteiger partial charge in [-0.2, -0.15) is 31.6 Å². The van der Waals surface area contributed by atoms with Crippen molar-refractivity contribution in [1.29, 1.82) is 5.26 Å². The molecule has 0 aliphatic heterocycles. The average Bonchev–Trinajstić information content (AvgIpc) is 3.59. The minimum atomic E-state index is -4.61. The molecule has 0 N–H and O–H groups in total. The van der Waals surface area contributed by atoms with Crippen molar-refractivity contribution in [2.75, 3.05) is 0 Å². The van der Waals surface area contributed by atoms with Crippen LogP contribution < -0.4 is 0 Å². The molecule has 10 heteroatoms. The van der Waals surface area contributed by atoms with Crippen LogP contribution in [0.2, 0.25) is 0 Å². The predicted octanol–water partition coefficient (Wildman–Crippen LogP) is 10.9. The zero-order valence-electron chi connectivity index (χ0n) is 24.6. The lowest BCUT2D eigenvalue weighted by atomic mass is 10.00. The smallest absolute Gasteiger partial charge is 0.309 e. The van der Waals surface area contributed by atoms with Crippen LogP contribution in [-0.4, -0.2) is 14.1 Å². The normalized spacial score (nSPS) is 12.4. The van der Waals surface area contributed by atoms with Crippen molar-refractivity contribution >= 4 is 43.6 Å². The highest BCUT2D eigenvalue weighted by Gasteiger charge is 2.33. The van der Waals surface area contributed by atoms with Gasteiger partial charge in [0.15, 0.2) is 0 Å². The topological polar surface area (TPSA) is 46.5 Å². The SMILES string of the molecule is N#Cc1cc(-n2c3ccccc3c3ccc(C(F)(F)F)cc32)c(-c2cccnc2)cc1-n1c2ccccc2c2ccc(C(F)(F)F)cc21. The van der Waals surface area contributed by atoms with E-state index >= 15 is 0 Å². The molecule has 3 heterocycles. The van der Waals surface area contributed by atoms with Crippen LogP contribution in [0.3, 0.4) is 0 Å². The third kappa shape index (κ3) is 4.50. The lowest BCUT2D eigenvalue weighted by Crippen LogP contribution is -2.07. The molecule has 0 saturated heterocycles. The molecule has 0 aliphatic carbocycles. The Labute approximate surface area is 268 Å². The van der Waals surface area contributed by atoms with Crippen LogP contribution in [0.1, 0.15) is 16.7 Å². The molecule has 0 aliphatic rings. The monoisotopic (exact) mass is 646 g/mol. The van der Waals surface area contributed by atoms with Crippen LogP contribution in [0.15, 0.2) is 122 Å². The van der Waals surface area contributed by atoms with Crippen molar-refractivity contribution in [3.63, 3.8) is 0 Å². The highest BCUT2D eigenvalue weighted by Crippen LogP contribution is 2.42. The van der Waals surface area contributed by atoms with Gasteiger partial charge in [0.2, 0.25) is 0 Å². The van der Waals surface area contributed by atoms with Gasteiger partial charge in [0.1, 0.15) is 6.07 Å². The first kappa shape index (κ1) is 29.3. The van der Waals surface area contributed by atoms with Crippen molar-refractivity contribution in [2.45, 2.75) is 12.4 Å². The second kappa shape index (κ2) is 10.5. The first-order valence-electron chi connectivity index (χ1n) is 14.7. The molecule has 8 rings (SSSR count). The summed E-state index contributed by atoms with van der Waals surface area (Å²) in [4.78, 5) is 4.27. The summed E-state index contributed by atoms with van der Waals surface area (Å²) < 4.78 is 87.2. The summed E-state index contributed by atoms with van der Waals surface area (Å²) in [6.07, 6.45) is -6.04. The molecule has 4 nitrogen and oxygen atoms in total. The van der Waals surface area contributed by atoms with Crippen molar-refractivity contribution < 1.29 is 26.3 Å². The van der Waals surface area contributed by atoms with Gasteiger partial charge in [0.05, 0.1) is 50.1 Å². The largest absolute Gasteiger partial charge is 0.416 e. The summed E-state index contributed by atoms with van der Waals surface area (Å²) >= 11 is 0. The van der Waals surface area contributed by atoms with Crippen molar-refractivity contribution in [2.24, 2.45) is 0 Å². The number of benzene rings is 5. The third-order valence-electron chi connectivity index (χ3n) is 8.69. The van der Waals surface area contributed by atoms with Gasteiger partial charge >= 0.3 is 12.4 Å². The number of nitriles is 1. The van der Waals surface area contributed by atoms with Gasteiger partial charge in [0.25, 0.3) is 0 Å². The minimum Gasteiger partial charge on any atom is -0.309 e. The fourth-order valence-corrected chi connectivity index (χ4v) is 6.60. The molecule has 0 atom stereocenters. The Bertz CT molecular complexity index is 2600. The second-order valence-electron chi connectivity index (χ2n) is 11.4. The minimum absolute atomic E-state index is 0.107. The number of aromatic nitrogens is 3. The Balaban J connectivity index is 1.52. The maximum atomic E-state index is 14.0. The number of halogens is 6. The molecule has 8 aromatic rings. The highest BCUT2D eigenvalue weighted by molar-refractivity contribution is 6.11. The number of hydrogen-bond donors (Lipinski definition) is 0. The fraction of sp³-hybridized carbons (Fsp3) is 0.0526. The van der Waals surface area contributed by atoms with Crippen LogP contribution in [0, 0.1) is 11.3 Å².